The van der Waals surface area contributed by atoms with Crippen LogP contribution in [0.5, 0.6) is 0 Å². The van der Waals surface area contributed by atoms with E-state index in [0.717, 1.165) is 0 Å². The third kappa shape index (κ3) is 1.87. The Kier molecular flexibility index (Phi) is 2.71. The molecule has 82 valence electrons. The molecule has 2 rings (SSSR count). The van der Waals surface area contributed by atoms with Crippen molar-refractivity contribution in [3.05, 3.63) is 33.8 Å². The highest BCUT2D eigenvalue weighted by Gasteiger charge is 2.44. The van der Waals surface area contributed by atoms with Gasteiger partial charge in [0.2, 0.25) is 0 Å². The number of hydrogen-bond donors (Lipinski definition) is 1. The lowest BCUT2D eigenvalue weighted by atomic mass is 10.1. The molecule has 0 amide bonds. The van der Waals surface area contributed by atoms with Gasteiger partial charge in [0.1, 0.15) is 5.25 Å². The zero-order chi connectivity index (χ0) is 11.2. The fourth-order valence-corrected chi connectivity index (χ4v) is 3.82. The Hall–Kier alpha value is -0.290. The molecular weight excluding hydrogens is 257 g/mol. The summed E-state index contributed by atoms with van der Waals surface area (Å²) in [4.78, 5) is 0. The van der Waals surface area contributed by atoms with Crippen LogP contribution in [0.15, 0.2) is 18.2 Å². The lowest BCUT2D eigenvalue weighted by Crippen LogP contribution is -2.50. The topological polar surface area (TPSA) is 60.2 Å². The highest BCUT2D eigenvalue weighted by atomic mass is 35.5. The second-order valence-electron chi connectivity index (χ2n) is 3.59. The highest BCUT2D eigenvalue weighted by molar-refractivity contribution is 7.93. The van der Waals surface area contributed by atoms with Gasteiger partial charge in [-0.3, -0.25) is 0 Å². The van der Waals surface area contributed by atoms with E-state index in [4.69, 9.17) is 28.9 Å². The molecule has 1 heterocycles. The van der Waals surface area contributed by atoms with Crippen LogP contribution in [0.2, 0.25) is 10.0 Å². The molecule has 6 heteroatoms. The van der Waals surface area contributed by atoms with Crippen LogP contribution in [-0.4, -0.2) is 20.2 Å². The molecule has 2 atom stereocenters. The predicted octanol–water partition coefficient (Wildman–Crippen LogP) is 1.79. The van der Waals surface area contributed by atoms with Crippen molar-refractivity contribution in [3.63, 3.8) is 0 Å². The van der Waals surface area contributed by atoms with Gasteiger partial charge in [0, 0.05) is 6.04 Å². The Bertz CT molecular complexity index is 501. The summed E-state index contributed by atoms with van der Waals surface area (Å²) in [6, 6.07) is 4.45. The van der Waals surface area contributed by atoms with Crippen molar-refractivity contribution in [2.75, 3.05) is 5.75 Å². The third-order valence-electron chi connectivity index (χ3n) is 2.47. The number of hydrogen-bond acceptors (Lipinski definition) is 3. The Morgan fingerprint density at radius 2 is 1.93 bits per heavy atom. The fraction of sp³-hybridized carbons (Fsp3) is 0.333. The molecule has 1 aromatic rings. The van der Waals surface area contributed by atoms with Gasteiger partial charge in [0.05, 0.1) is 15.8 Å². The molecule has 0 bridgehead atoms. The molecule has 1 fully saturated rings. The molecule has 2 N–H and O–H groups in total. The van der Waals surface area contributed by atoms with Crippen molar-refractivity contribution in [2.45, 2.75) is 11.3 Å². The maximum Gasteiger partial charge on any atom is 0.160 e. The van der Waals surface area contributed by atoms with Crippen molar-refractivity contribution in [1.29, 1.82) is 0 Å². The Morgan fingerprint density at radius 3 is 2.40 bits per heavy atom. The average Bonchev–Trinajstić information content (AvgIpc) is 2.09. The van der Waals surface area contributed by atoms with Gasteiger partial charge < -0.3 is 5.73 Å². The number of sulfone groups is 1. The largest absolute Gasteiger partial charge is 0.325 e. The summed E-state index contributed by atoms with van der Waals surface area (Å²) in [6.45, 7) is 0. The number of rotatable bonds is 1. The second kappa shape index (κ2) is 3.63. The van der Waals surface area contributed by atoms with Gasteiger partial charge in [-0.15, -0.1) is 0 Å². The van der Waals surface area contributed by atoms with Crippen molar-refractivity contribution >= 4 is 33.0 Å². The van der Waals surface area contributed by atoms with Gasteiger partial charge in [-0.05, 0) is 17.7 Å². The molecule has 15 heavy (non-hydrogen) atoms. The molecule has 2 unspecified atom stereocenters. The lowest BCUT2D eigenvalue weighted by Gasteiger charge is -2.33. The molecule has 0 spiro atoms. The van der Waals surface area contributed by atoms with Crippen LogP contribution >= 0.6 is 23.2 Å². The van der Waals surface area contributed by atoms with Gasteiger partial charge >= 0.3 is 0 Å². The van der Waals surface area contributed by atoms with E-state index in [9.17, 15) is 8.42 Å². The molecule has 1 aliphatic heterocycles. The smallest absolute Gasteiger partial charge is 0.160 e. The van der Waals surface area contributed by atoms with Gasteiger partial charge in [-0.2, -0.15) is 0 Å². The number of nitrogens with two attached hydrogens (primary N) is 1. The van der Waals surface area contributed by atoms with Crippen molar-refractivity contribution in [1.82, 2.24) is 0 Å². The normalized spacial score (nSPS) is 28.5. The monoisotopic (exact) mass is 265 g/mol. The van der Waals surface area contributed by atoms with Gasteiger partial charge in [0.15, 0.2) is 9.84 Å². The molecule has 0 aromatic heterocycles. The number of halogens is 2. The maximum absolute atomic E-state index is 11.5. The summed E-state index contributed by atoms with van der Waals surface area (Å²) in [5.74, 6) is 0.0396. The zero-order valence-electron chi connectivity index (χ0n) is 7.65. The van der Waals surface area contributed by atoms with Crippen LogP contribution in [-0.2, 0) is 9.84 Å². The Morgan fingerprint density at radius 1 is 1.27 bits per heavy atom. The standard InChI is InChI=1S/C9H9Cl2NO2S/c10-6-2-1-5(3-7(6)11)9-8(12)4-15(9,13)14/h1-3,8-9H,4,12H2. The van der Waals surface area contributed by atoms with Crippen LogP contribution in [0.4, 0.5) is 0 Å². The average molecular weight is 266 g/mol. The Balaban J connectivity index is 2.42. The summed E-state index contributed by atoms with van der Waals surface area (Å²) in [7, 11) is -3.08. The minimum atomic E-state index is -3.08. The summed E-state index contributed by atoms with van der Waals surface area (Å²) < 4.78 is 22.9. The van der Waals surface area contributed by atoms with Crippen LogP contribution in [0.1, 0.15) is 10.8 Å². The summed E-state index contributed by atoms with van der Waals surface area (Å²) >= 11 is 11.6. The third-order valence-corrected chi connectivity index (χ3v) is 5.46. The van der Waals surface area contributed by atoms with E-state index in [1.165, 1.54) is 0 Å². The Labute approximate surface area is 98.1 Å². The molecule has 1 aromatic carbocycles. The second-order valence-corrected chi connectivity index (χ2v) is 6.57. The van der Waals surface area contributed by atoms with Crippen molar-refractivity contribution in [2.24, 2.45) is 5.73 Å². The first kappa shape index (κ1) is 11.2. The van der Waals surface area contributed by atoms with Crippen LogP contribution < -0.4 is 5.73 Å². The molecular formula is C9H9Cl2NO2S. The van der Waals surface area contributed by atoms with Crippen LogP contribution in [0.3, 0.4) is 0 Å². The quantitative estimate of drug-likeness (QED) is 0.843. The van der Waals surface area contributed by atoms with E-state index in [0.29, 0.717) is 15.6 Å². The lowest BCUT2D eigenvalue weighted by molar-refractivity contribution is 0.523. The van der Waals surface area contributed by atoms with E-state index in [1.54, 1.807) is 18.2 Å². The molecule has 0 radical (unpaired) electrons. The minimum absolute atomic E-state index is 0.0396. The van der Waals surface area contributed by atoms with Gasteiger partial charge in [-0.1, -0.05) is 29.3 Å². The highest BCUT2D eigenvalue weighted by Crippen LogP contribution is 2.37. The van der Waals surface area contributed by atoms with E-state index in [2.05, 4.69) is 0 Å². The van der Waals surface area contributed by atoms with Crippen LogP contribution in [0.25, 0.3) is 0 Å². The first-order valence-corrected chi connectivity index (χ1v) is 6.81. The van der Waals surface area contributed by atoms with E-state index < -0.39 is 15.1 Å². The summed E-state index contributed by atoms with van der Waals surface area (Å²) in [5, 5.41) is 0.126. The van der Waals surface area contributed by atoms with E-state index >= 15 is 0 Å². The molecule has 3 nitrogen and oxygen atoms in total. The van der Waals surface area contributed by atoms with Crippen molar-refractivity contribution in [3.8, 4) is 0 Å². The van der Waals surface area contributed by atoms with Gasteiger partial charge in [0.25, 0.3) is 0 Å². The summed E-state index contributed by atoms with van der Waals surface area (Å²) in [5.41, 5.74) is 6.28. The summed E-state index contributed by atoms with van der Waals surface area (Å²) in [6.07, 6.45) is 0. The molecule has 1 aliphatic rings. The fourth-order valence-electron chi connectivity index (χ4n) is 1.75. The first-order chi connectivity index (χ1) is 6.92. The van der Waals surface area contributed by atoms with Gasteiger partial charge in [-0.25, -0.2) is 8.42 Å². The number of benzene rings is 1. The van der Waals surface area contributed by atoms with Crippen molar-refractivity contribution < 1.29 is 8.42 Å². The maximum atomic E-state index is 11.5. The molecule has 0 aliphatic carbocycles. The minimum Gasteiger partial charge on any atom is -0.325 e. The first-order valence-electron chi connectivity index (χ1n) is 4.34. The molecule has 0 saturated carbocycles. The SMILES string of the molecule is NC1CS(=O)(=O)C1c1ccc(Cl)c(Cl)c1. The predicted molar refractivity (Wildman–Crippen MR) is 61.0 cm³/mol. The van der Waals surface area contributed by atoms with E-state index in [1.807, 2.05) is 0 Å². The zero-order valence-corrected chi connectivity index (χ0v) is 9.98. The van der Waals surface area contributed by atoms with E-state index in [-0.39, 0.29) is 11.8 Å². The van der Waals surface area contributed by atoms with Crippen LogP contribution in [0, 0.1) is 0 Å². The molecule has 1 saturated heterocycles.